The van der Waals surface area contributed by atoms with E-state index in [-0.39, 0.29) is 5.91 Å². The quantitative estimate of drug-likeness (QED) is 0.865. The van der Waals surface area contributed by atoms with Gasteiger partial charge in [-0.15, -0.1) is 0 Å². The van der Waals surface area contributed by atoms with E-state index in [0.29, 0.717) is 6.42 Å². The van der Waals surface area contributed by atoms with E-state index < -0.39 is 0 Å². The van der Waals surface area contributed by atoms with Crippen molar-refractivity contribution in [2.45, 2.75) is 12.8 Å². The lowest BCUT2D eigenvalue weighted by Gasteiger charge is -2.36. The fourth-order valence-corrected chi connectivity index (χ4v) is 2.96. The molecule has 0 unspecified atom stereocenters. The first-order chi connectivity index (χ1) is 11.2. The summed E-state index contributed by atoms with van der Waals surface area (Å²) in [5, 5.41) is 0.729. The molecule has 0 saturated carbocycles. The minimum atomic E-state index is 0.231. The van der Waals surface area contributed by atoms with Crippen LogP contribution in [0.5, 0.6) is 0 Å². The van der Waals surface area contributed by atoms with Crippen LogP contribution >= 0.6 is 11.6 Å². The number of pyridine rings is 1. The summed E-state index contributed by atoms with van der Waals surface area (Å²) in [5.74, 6) is 0.231. The Balaban J connectivity index is 1.47. The van der Waals surface area contributed by atoms with Gasteiger partial charge in [-0.05, 0) is 36.2 Å². The van der Waals surface area contributed by atoms with Crippen molar-refractivity contribution in [1.82, 2.24) is 9.88 Å². The van der Waals surface area contributed by atoms with Crippen molar-refractivity contribution in [1.29, 1.82) is 0 Å². The molecule has 0 bridgehead atoms. The largest absolute Gasteiger partial charge is 0.368 e. The Hall–Kier alpha value is -2.07. The third-order valence-corrected chi connectivity index (χ3v) is 4.45. The van der Waals surface area contributed by atoms with Gasteiger partial charge in [0.05, 0.1) is 0 Å². The average Bonchev–Trinajstić information content (AvgIpc) is 2.62. The van der Waals surface area contributed by atoms with E-state index in [1.54, 1.807) is 12.4 Å². The Morgan fingerprint density at radius 2 is 1.65 bits per heavy atom. The molecule has 2 heterocycles. The second kappa shape index (κ2) is 7.47. The van der Waals surface area contributed by atoms with Crippen LogP contribution in [0.25, 0.3) is 0 Å². The molecular formula is C18H20ClN3O. The number of piperazine rings is 1. The van der Waals surface area contributed by atoms with Crippen molar-refractivity contribution < 1.29 is 4.79 Å². The maximum absolute atomic E-state index is 12.4. The van der Waals surface area contributed by atoms with E-state index >= 15 is 0 Å². The number of rotatable bonds is 4. The summed E-state index contributed by atoms with van der Waals surface area (Å²) in [7, 11) is 0. The van der Waals surface area contributed by atoms with Crippen molar-refractivity contribution >= 4 is 23.2 Å². The van der Waals surface area contributed by atoms with Crippen LogP contribution in [-0.2, 0) is 11.2 Å². The molecule has 0 radical (unpaired) electrons. The number of amides is 1. The summed E-state index contributed by atoms with van der Waals surface area (Å²) in [6.07, 6.45) is 4.93. The van der Waals surface area contributed by atoms with Gasteiger partial charge in [0.1, 0.15) is 0 Å². The number of carbonyl (C=O) groups is 1. The number of hydrogen-bond donors (Lipinski definition) is 0. The highest BCUT2D eigenvalue weighted by molar-refractivity contribution is 6.30. The number of nitrogens with zero attached hydrogens (tertiary/aromatic N) is 3. The molecule has 0 aliphatic carbocycles. The van der Waals surface area contributed by atoms with Gasteiger partial charge in [-0.25, -0.2) is 0 Å². The number of anilines is 1. The van der Waals surface area contributed by atoms with Crippen LogP contribution < -0.4 is 4.90 Å². The molecule has 2 aromatic rings. The Kier molecular flexibility index (Phi) is 5.13. The average molecular weight is 330 g/mol. The maximum Gasteiger partial charge on any atom is 0.223 e. The van der Waals surface area contributed by atoms with E-state index in [9.17, 15) is 4.79 Å². The lowest BCUT2D eigenvalue weighted by atomic mass is 10.1. The Morgan fingerprint density at radius 3 is 2.30 bits per heavy atom. The lowest BCUT2D eigenvalue weighted by Crippen LogP contribution is -2.48. The molecule has 1 aromatic heterocycles. The third-order valence-electron chi connectivity index (χ3n) is 4.20. The van der Waals surface area contributed by atoms with Crippen LogP contribution in [0, 0.1) is 0 Å². The van der Waals surface area contributed by atoms with Crippen molar-refractivity contribution in [2.24, 2.45) is 0 Å². The van der Waals surface area contributed by atoms with Gasteiger partial charge in [-0.2, -0.15) is 0 Å². The summed E-state index contributed by atoms with van der Waals surface area (Å²) >= 11 is 5.88. The van der Waals surface area contributed by atoms with Crippen molar-refractivity contribution in [3.63, 3.8) is 0 Å². The van der Waals surface area contributed by atoms with Gasteiger partial charge in [0.2, 0.25) is 5.91 Å². The van der Waals surface area contributed by atoms with Crippen molar-refractivity contribution in [3.8, 4) is 0 Å². The van der Waals surface area contributed by atoms with E-state index in [1.165, 1.54) is 5.69 Å². The van der Waals surface area contributed by atoms with E-state index in [0.717, 1.165) is 43.2 Å². The molecule has 1 amide bonds. The van der Waals surface area contributed by atoms with Crippen LogP contribution in [0.2, 0.25) is 5.02 Å². The lowest BCUT2D eigenvalue weighted by molar-refractivity contribution is -0.131. The summed E-state index contributed by atoms with van der Waals surface area (Å²) in [6.45, 7) is 3.30. The zero-order chi connectivity index (χ0) is 16.1. The van der Waals surface area contributed by atoms with Crippen molar-refractivity contribution in [3.05, 3.63) is 59.4 Å². The molecule has 0 N–H and O–H groups in total. The minimum Gasteiger partial charge on any atom is -0.368 e. The van der Waals surface area contributed by atoms with Crippen LogP contribution in [-0.4, -0.2) is 42.0 Å². The zero-order valence-corrected chi connectivity index (χ0v) is 13.7. The number of benzene rings is 1. The highest BCUT2D eigenvalue weighted by atomic mass is 35.5. The molecule has 1 fully saturated rings. The summed E-state index contributed by atoms with van der Waals surface area (Å²) in [5.41, 5.74) is 2.33. The third kappa shape index (κ3) is 4.23. The van der Waals surface area contributed by atoms with Gasteiger partial charge >= 0.3 is 0 Å². The highest BCUT2D eigenvalue weighted by Crippen LogP contribution is 2.16. The van der Waals surface area contributed by atoms with Crippen LogP contribution in [0.15, 0.2) is 48.8 Å². The second-order valence-electron chi connectivity index (χ2n) is 5.70. The van der Waals surface area contributed by atoms with Crippen LogP contribution in [0.4, 0.5) is 5.69 Å². The predicted molar refractivity (Wildman–Crippen MR) is 92.8 cm³/mol. The molecule has 120 valence electrons. The first-order valence-corrected chi connectivity index (χ1v) is 8.27. The molecular weight excluding hydrogens is 310 g/mol. The zero-order valence-electron chi connectivity index (χ0n) is 13.0. The monoisotopic (exact) mass is 329 g/mol. The molecule has 0 spiro atoms. The Morgan fingerprint density at radius 1 is 1.00 bits per heavy atom. The molecule has 3 rings (SSSR count). The summed E-state index contributed by atoms with van der Waals surface area (Å²) < 4.78 is 0. The fraction of sp³-hybridized carbons (Fsp3) is 0.333. The van der Waals surface area contributed by atoms with Gasteiger partial charge < -0.3 is 9.80 Å². The maximum atomic E-state index is 12.4. The first kappa shape index (κ1) is 15.8. The molecule has 1 aliphatic rings. The number of carbonyl (C=O) groups excluding carboxylic acids is 1. The molecule has 1 saturated heterocycles. The second-order valence-corrected chi connectivity index (χ2v) is 6.14. The first-order valence-electron chi connectivity index (χ1n) is 7.89. The number of aromatic nitrogens is 1. The van der Waals surface area contributed by atoms with E-state index in [4.69, 9.17) is 11.6 Å². The predicted octanol–water partition coefficient (Wildman–Crippen LogP) is 3.02. The van der Waals surface area contributed by atoms with Crippen LogP contribution in [0.1, 0.15) is 12.0 Å². The fourth-order valence-electron chi connectivity index (χ4n) is 2.83. The van der Waals surface area contributed by atoms with Gasteiger partial charge in [-0.3, -0.25) is 9.78 Å². The van der Waals surface area contributed by atoms with Crippen LogP contribution in [0.3, 0.4) is 0 Å². The summed E-state index contributed by atoms with van der Waals surface area (Å²) in [6, 6.07) is 11.7. The molecule has 5 heteroatoms. The normalized spacial score (nSPS) is 14.8. The van der Waals surface area contributed by atoms with Gasteiger partial charge in [0.15, 0.2) is 0 Å². The number of halogens is 1. The Labute approximate surface area is 141 Å². The van der Waals surface area contributed by atoms with Gasteiger partial charge in [0, 0.05) is 55.7 Å². The number of hydrogen-bond acceptors (Lipinski definition) is 3. The van der Waals surface area contributed by atoms with Gasteiger partial charge in [-0.1, -0.05) is 23.7 Å². The minimum absolute atomic E-state index is 0.231. The molecule has 1 aromatic carbocycles. The standard InChI is InChI=1S/C18H20ClN3O/c19-16-4-1-15(2-5-16)3-6-18(23)22-13-11-21(12-14-22)17-7-9-20-10-8-17/h1-2,4-5,7-10H,3,6,11-14H2. The SMILES string of the molecule is O=C(CCc1ccc(Cl)cc1)N1CCN(c2ccncc2)CC1. The molecule has 23 heavy (non-hydrogen) atoms. The van der Waals surface area contributed by atoms with Crippen molar-refractivity contribution in [2.75, 3.05) is 31.1 Å². The number of aryl methyl sites for hydroxylation is 1. The molecule has 0 atom stereocenters. The summed E-state index contributed by atoms with van der Waals surface area (Å²) in [4.78, 5) is 20.7. The smallest absolute Gasteiger partial charge is 0.223 e. The topological polar surface area (TPSA) is 36.4 Å². The van der Waals surface area contributed by atoms with E-state index in [2.05, 4.69) is 9.88 Å². The highest BCUT2D eigenvalue weighted by Gasteiger charge is 2.20. The molecule has 4 nitrogen and oxygen atoms in total. The van der Waals surface area contributed by atoms with Gasteiger partial charge in [0.25, 0.3) is 0 Å². The van der Waals surface area contributed by atoms with E-state index in [1.807, 2.05) is 41.3 Å². The molecule has 1 aliphatic heterocycles. The Bertz CT molecular complexity index is 637.